The Bertz CT molecular complexity index is 915. The molecule has 24 heavy (non-hydrogen) atoms. The van der Waals surface area contributed by atoms with Crippen LogP contribution in [0.1, 0.15) is 25.5 Å². The highest BCUT2D eigenvalue weighted by Gasteiger charge is 2.17. The number of hydrogen-bond acceptors (Lipinski definition) is 5. The summed E-state index contributed by atoms with van der Waals surface area (Å²) in [6.45, 7) is 4.05. The van der Waals surface area contributed by atoms with Crippen molar-refractivity contribution in [2.24, 2.45) is 0 Å². The number of nitrogens with zero attached hydrogens (tertiary/aromatic N) is 5. The van der Waals surface area contributed by atoms with Gasteiger partial charge in [-0.05, 0) is 31.5 Å². The van der Waals surface area contributed by atoms with Gasteiger partial charge in [-0.25, -0.2) is 22.8 Å². The molecule has 0 unspecified atom stereocenters. The summed E-state index contributed by atoms with van der Waals surface area (Å²) in [5.41, 5.74) is 1.64. The van der Waals surface area contributed by atoms with Crippen LogP contribution in [-0.4, -0.2) is 33.0 Å². The van der Waals surface area contributed by atoms with Gasteiger partial charge in [0, 0.05) is 18.8 Å². The molecule has 1 aromatic carbocycles. The zero-order valence-corrected chi connectivity index (χ0v) is 14.2. The summed E-state index contributed by atoms with van der Waals surface area (Å²) in [7, 11) is -3.61. The van der Waals surface area contributed by atoms with E-state index < -0.39 is 10.0 Å². The molecule has 0 aliphatic rings. The maximum atomic E-state index is 12.4. The van der Waals surface area contributed by atoms with E-state index in [2.05, 4.69) is 19.9 Å². The zero-order chi connectivity index (χ0) is 17.2. The second-order valence-corrected chi connectivity index (χ2v) is 7.35. The Labute approximate surface area is 140 Å². The predicted octanol–water partition coefficient (Wildman–Crippen LogP) is 1.52. The summed E-state index contributed by atoms with van der Waals surface area (Å²) >= 11 is 0. The molecular weight excluding hydrogens is 328 g/mol. The predicted molar refractivity (Wildman–Crippen MR) is 88.0 cm³/mol. The van der Waals surface area contributed by atoms with Crippen molar-refractivity contribution in [2.45, 2.75) is 31.3 Å². The Morgan fingerprint density at radius 1 is 1.25 bits per heavy atom. The molecule has 0 bridgehead atoms. The van der Waals surface area contributed by atoms with Gasteiger partial charge in [-0.1, -0.05) is 12.1 Å². The molecule has 9 heteroatoms. The normalized spacial score (nSPS) is 12.0. The van der Waals surface area contributed by atoms with Crippen molar-refractivity contribution in [2.75, 3.05) is 0 Å². The van der Waals surface area contributed by atoms with Crippen LogP contribution in [0.4, 0.5) is 0 Å². The first kappa shape index (κ1) is 16.3. The van der Waals surface area contributed by atoms with Gasteiger partial charge in [0.1, 0.15) is 17.6 Å². The second kappa shape index (κ2) is 6.54. The smallest absolute Gasteiger partial charge is 0.243 e. The molecule has 0 saturated heterocycles. The van der Waals surface area contributed by atoms with Crippen LogP contribution in [0.5, 0.6) is 0 Å². The standard InChI is InChI=1S/C15H18N6O2S/c1-12(2)20-9-15(8-17-20)24(22,23)19-7-13-4-3-5-14(6-13)21-11-16-10-18-21/h3-6,8-12,19H,7H2,1-2H3. The highest BCUT2D eigenvalue weighted by molar-refractivity contribution is 7.89. The molecule has 8 nitrogen and oxygen atoms in total. The van der Waals surface area contributed by atoms with Crippen LogP contribution >= 0.6 is 0 Å². The molecule has 126 valence electrons. The van der Waals surface area contributed by atoms with Gasteiger partial charge in [0.05, 0.1) is 11.9 Å². The van der Waals surface area contributed by atoms with E-state index in [1.807, 2.05) is 38.1 Å². The third-order valence-electron chi connectivity index (χ3n) is 3.48. The van der Waals surface area contributed by atoms with Crippen LogP contribution in [0.15, 0.2) is 54.2 Å². The second-order valence-electron chi connectivity index (χ2n) is 5.58. The Balaban J connectivity index is 1.74. The van der Waals surface area contributed by atoms with Gasteiger partial charge < -0.3 is 0 Å². The minimum absolute atomic E-state index is 0.105. The lowest BCUT2D eigenvalue weighted by Gasteiger charge is -2.07. The highest BCUT2D eigenvalue weighted by atomic mass is 32.2. The van der Waals surface area contributed by atoms with Gasteiger partial charge in [0.25, 0.3) is 0 Å². The Kier molecular flexibility index (Phi) is 4.45. The van der Waals surface area contributed by atoms with Crippen molar-refractivity contribution >= 4 is 10.0 Å². The number of hydrogen-bond donors (Lipinski definition) is 1. The van der Waals surface area contributed by atoms with Gasteiger partial charge >= 0.3 is 0 Å². The van der Waals surface area contributed by atoms with Gasteiger partial charge in [-0.15, -0.1) is 0 Å². The van der Waals surface area contributed by atoms with Crippen molar-refractivity contribution in [3.63, 3.8) is 0 Å². The van der Waals surface area contributed by atoms with Crippen LogP contribution in [-0.2, 0) is 16.6 Å². The first-order valence-electron chi connectivity index (χ1n) is 7.43. The minimum atomic E-state index is -3.61. The lowest BCUT2D eigenvalue weighted by atomic mass is 10.2. The van der Waals surface area contributed by atoms with Crippen LogP contribution < -0.4 is 4.72 Å². The van der Waals surface area contributed by atoms with Gasteiger partial charge in [-0.2, -0.15) is 10.2 Å². The maximum absolute atomic E-state index is 12.4. The maximum Gasteiger partial charge on any atom is 0.243 e. The van der Waals surface area contributed by atoms with Crippen molar-refractivity contribution < 1.29 is 8.42 Å². The van der Waals surface area contributed by atoms with Crippen LogP contribution in [0, 0.1) is 0 Å². The van der Waals surface area contributed by atoms with Crippen molar-refractivity contribution in [1.29, 1.82) is 0 Å². The lowest BCUT2D eigenvalue weighted by Crippen LogP contribution is -2.23. The summed E-state index contributed by atoms with van der Waals surface area (Å²) in [6.07, 6.45) is 5.92. The Morgan fingerprint density at radius 3 is 2.75 bits per heavy atom. The molecule has 3 rings (SSSR count). The lowest BCUT2D eigenvalue weighted by molar-refractivity contribution is 0.531. The largest absolute Gasteiger partial charge is 0.269 e. The van der Waals surface area contributed by atoms with E-state index in [9.17, 15) is 8.42 Å². The minimum Gasteiger partial charge on any atom is -0.269 e. The summed E-state index contributed by atoms with van der Waals surface area (Å²) < 4.78 is 30.5. The summed E-state index contributed by atoms with van der Waals surface area (Å²) in [6, 6.07) is 7.53. The number of aromatic nitrogens is 5. The van der Waals surface area contributed by atoms with Gasteiger partial charge in [0.2, 0.25) is 10.0 Å². The van der Waals surface area contributed by atoms with E-state index >= 15 is 0 Å². The first-order chi connectivity index (χ1) is 11.5. The molecule has 0 radical (unpaired) electrons. The molecule has 0 saturated carbocycles. The monoisotopic (exact) mass is 346 g/mol. The Hall–Kier alpha value is -2.52. The third-order valence-corrected chi connectivity index (χ3v) is 4.83. The van der Waals surface area contributed by atoms with Crippen molar-refractivity contribution in [3.05, 3.63) is 54.9 Å². The van der Waals surface area contributed by atoms with Crippen LogP contribution in [0.2, 0.25) is 0 Å². The molecule has 0 aliphatic carbocycles. The quantitative estimate of drug-likeness (QED) is 0.730. The van der Waals surface area contributed by atoms with E-state index in [1.165, 1.54) is 18.7 Å². The molecular formula is C15H18N6O2S. The van der Waals surface area contributed by atoms with E-state index in [1.54, 1.807) is 15.7 Å². The fourth-order valence-electron chi connectivity index (χ4n) is 2.15. The average Bonchev–Trinajstić information content (AvgIpc) is 3.25. The zero-order valence-electron chi connectivity index (χ0n) is 13.4. The molecule has 2 aromatic heterocycles. The van der Waals surface area contributed by atoms with E-state index in [0.29, 0.717) is 0 Å². The summed E-state index contributed by atoms with van der Waals surface area (Å²) in [5.74, 6) is 0. The summed E-state index contributed by atoms with van der Waals surface area (Å²) in [4.78, 5) is 4.06. The average molecular weight is 346 g/mol. The molecule has 2 heterocycles. The molecule has 1 N–H and O–H groups in total. The number of rotatable bonds is 6. The number of sulfonamides is 1. The SMILES string of the molecule is CC(C)n1cc(S(=O)(=O)NCc2cccc(-n3cncn3)c2)cn1. The number of nitrogens with one attached hydrogen (secondary N) is 1. The first-order valence-corrected chi connectivity index (χ1v) is 8.92. The fraction of sp³-hybridized carbons (Fsp3) is 0.267. The van der Waals surface area contributed by atoms with E-state index in [0.717, 1.165) is 11.3 Å². The highest BCUT2D eigenvalue weighted by Crippen LogP contribution is 2.13. The molecule has 0 fully saturated rings. The van der Waals surface area contributed by atoms with Crippen LogP contribution in [0.25, 0.3) is 5.69 Å². The van der Waals surface area contributed by atoms with Crippen molar-refractivity contribution in [1.82, 2.24) is 29.3 Å². The number of benzene rings is 1. The van der Waals surface area contributed by atoms with E-state index in [-0.39, 0.29) is 17.5 Å². The van der Waals surface area contributed by atoms with Crippen molar-refractivity contribution in [3.8, 4) is 5.69 Å². The molecule has 3 aromatic rings. The molecule has 0 atom stereocenters. The summed E-state index contributed by atoms with van der Waals surface area (Å²) in [5, 5.41) is 8.12. The van der Waals surface area contributed by atoms with E-state index in [4.69, 9.17) is 0 Å². The van der Waals surface area contributed by atoms with Gasteiger partial charge in [0.15, 0.2) is 0 Å². The molecule has 0 aliphatic heterocycles. The molecule has 0 spiro atoms. The Morgan fingerprint density at radius 2 is 2.08 bits per heavy atom. The van der Waals surface area contributed by atoms with Gasteiger partial charge in [-0.3, -0.25) is 4.68 Å². The topological polar surface area (TPSA) is 94.7 Å². The van der Waals surface area contributed by atoms with Crippen LogP contribution in [0.3, 0.4) is 0 Å². The third kappa shape index (κ3) is 3.52. The fourth-order valence-corrected chi connectivity index (χ4v) is 3.11. The molecule has 0 amide bonds.